The maximum Gasteiger partial charge on any atom is 0.328 e. The fourth-order valence-electron chi connectivity index (χ4n) is 3.57. The van der Waals surface area contributed by atoms with E-state index in [2.05, 4.69) is 35.3 Å². The molecule has 0 unspecified atom stereocenters. The van der Waals surface area contributed by atoms with Crippen LogP contribution in [0, 0.1) is 5.82 Å². The first kappa shape index (κ1) is 29.2. The van der Waals surface area contributed by atoms with Crippen molar-refractivity contribution in [1.29, 1.82) is 0 Å². The van der Waals surface area contributed by atoms with Crippen LogP contribution in [-0.4, -0.2) is 42.3 Å². The van der Waals surface area contributed by atoms with Crippen LogP contribution in [0.15, 0.2) is 58.3 Å². The Kier molecular flexibility index (Phi) is 9.07. The van der Waals surface area contributed by atoms with Gasteiger partial charge in [0.15, 0.2) is 5.03 Å². The Labute approximate surface area is 245 Å². The molecular formula is C24H18BrCl2FN4O5S2. The lowest BCUT2D eigenvalue weighted by Gasteiger charge is -2.19. The number of aromatic nitrogens is 2. The molecule has 0 aliphatic heterocycles. The molecule has 1 amide bonds. The molecule has 0 bridgehead atoms. The van der Waals surface area contributed by atoms with Crippen molar-refractivity contribution in [2.75, 3.05) is 11.3 Å². The van der Waals surface area contributed by atoms with Crippen LogP contribution < -0.4 is 10.0 Å². The summed E-state index contributed by atoms with van der Waals surface area (Å²) in [4.78, 5) is 30.1. The minimum atomic E-state index is -4.31. The van der Waals surface area contributed by atoms with Crippen LogP contribution in [0.2, 0.25) is 10.0 Å². The molecule has 4 rings (SSSR count). The number of sulfonamides is 1. The average Bonchev–Trinajstić information content (AvgIpc) is 3.36. The molecule has 2 aromatic heterocycles. The minimum Gasteiger partial charge on any atom is -0.464 e. The first-order chi connectivity index (χ1) is 18.5. The zero-order chi connectivity index (χ0) is 28.3. The van der Waals surface area contributed by atoms with Crippen molar-refractivity contribution in [3.63, 3.8) is 0 Å². The van der Waals surface area contributed by atoms with E-state index < -0.39 is 33.8 Å². The fraction of sp³-hybridized carbons (Fsp3) is 0.167. The van der Waals surface area contributed by atoms with Gasteiger partial charge in [-0.05, 0) is 70.3 Å². The summed E-state index contributed by atoms with van der Waals surface area (Å²) in [7, 11) is -4.31. The van der Waals surface area contributed by atoms with Gasteiger partial charge in [-0.2, -0.15) is 12.8 Å². The van der Waals surface area contributed by atoms with Crippen molar-refractivity contribution in [1.82, 2.24) is 14.7 Å². The Morgan fingerprint density at radius 3 is 2.64 bits per heavy atom. The van der Waals surface area contributed by atoms with E-state index in [9.17, 15) is 22.4 Å². The number of carbonyl (C=O) groups excluding carboxylic acids is 2. The van der Waals surface area contributed by atoms with Crippen LogP contribution in [0.3, 0.4) is 0 Å². The van der Waals surface area contributed by atoms with E-state index in [0.29, 0.717) is 15.6 Å². The van der Waals surface area contributed by atoms with Crippen LogP contribution >= 0.6 is 50.7 Å². The van der Waals surface area contributed by atoms with Gasteiger partial charge in [0.1, 0.15) is 11.9 Å². The Morgan fingerprint density at radius 2 is 1.92 bits per heavy atom. The zero-order valence-corrected chi connectivity index (χ0v) is 24.6. The number of amides is 1. The molecule has 1 atom stereocenters. The van der Waals surface area contributed by atoms with Gasteiger partial charge in [0.2, 0.25) is 0 Å². The number of hydrogen-bond donors (Lipinski definition) is 2. The number of halogens is 4. The minimum absolute atomic E-state index is 0.0209. The maximum atomic E-state index is 13.7. The highest BCUT2D eigenvalue weighted by Gasteiger charge is 2.28. The number of ether oxygens (including phenoxy) is 1. The van der Waals surface area contributed by atoms with E-state index in [1.54, 1.807) is 13.0 Å². The first-order valence-electron chi connectivity index (χ1n) is 11.1. The number of nitrogens with zero attached hydrogens (tertiary/aromatic N) is 2. The van der Waals surface area contributed by atoms with Gasteiger partial charge in [-0.1, -0.05) is 29.3 Å². The number of fused-ring (bicyclic) bond motifs is 1. The van der Waals surface area contributed by atoms with Crippen LogP contribution in [0.25, 0.3) is 10.1 Å². The quantitative estimate of drug-likeness (QED) is 0.221. The molecule has 0 saturated heterocycles. The predicted molar refractivity (Wildman–Crippen MR) is 150 cm³/mol. The molecule has 0 radical (unpaired) electrons. The van der Waals surface area contributed by atoms with E-state index in [0.717, 1.165) is 11.5 Å². The molecule has 9 nitrogen and oxygen atoms in total. The monoisotopic (exact) mass is 674 g/mol. The molecule has 15 heteroatoms. The summed E-state index contributed by atoms with van der Waals surface area (Å²) < 4.78 is 52.5. The largest absolute Gasteiger partial charge is 0.464 e. The maximum absolute atomic E-state index is 13.7. The average molecular weight is 676 g/mol. The van der Waals surface area contributed by atoms with Gasteiger partial charge in [0, 0.05) is 12.6 Å². The molecule has 2 heterocycles. The normalized spacial score (nSPS) is 12.2. The molecule has 2 N–H and O–H groups in total. The molecule has 39 heavy (non-hydrogen) atoms. The number of carbonyl (C=O) groups is 2. The second-order valence-corrected chi connectivity index (χ2v) is 12.1. The third-order valence-electron chi connectivity index (χ3n) is 5.35. The third kappa shape index (κ3) is 6.67. The Morgan fingerprint density at radius 1 is 1.18 bits per heavy atom. The van der Waals surface area contributed by atoms with Crippen LogP contribution in [0.4, 0.5) is 10.1 Å². The number of esters is 1. The SMILES string of the molecule is CCOC(=O)[C@H](Cc1ccc(F)c(Br)c1)NC(=O)c1cc(Cl)c(Cl)cc1NS(=O)(=O)c1nccc2sncc12. The van der Waals surface area contributed by atoms with Gasteiger partial charge in [-0.15, -0.1) is 0 Å². The van der Waals surface area contributed by atoms with Gasteiger partial charge in [-0.25, -0.2) is 14.2 Å². The molecule has 0 aliphatic rings. The van der Waals surface area contributed by atoms with Gasteiger partial charge in [0.05, 0.1) is 48.7 Å². The number of benzene rings is 2. The van der Waals surface area contributed by atoms with Crippen LogP contribution in [0.5, 0.6) is 0 Å². The molecule has 0 aliphatic carbocycles. The van der Waals surface area contributed by atoms with Crippen molar-refractivity contribution >= 4 is 88.3 Å². The van der Waals surface area contributed by atoms with E-state index in [4.69, 9.17) is 27.9 Å². The zero-order valence-electron chi connectivity index (χ0n) is 19.9. The van der Waals surface area contributed by atoms with Gasteiger partial charge in [-0.3, -0.25) is 9.52 Å². The lowest BCUT2D eigenvalue weighted by Crippen LogP contribution is -2.43. The number of pyridine rings is 1. The van der Waals surface area contributed by atoms with Gasteiger partial charge in [0.25, 0.3) is 15.9 Å². The standard InChI is InChI=1S/C24H18BrCl2FN4O5S2/c1-2-37-24(34)20(8-12-3-4-18(28)15(25)7-12)31-22(33)13-9-16(26)17(27)10-19(13)32-39(35,36)23-14-11-30-38-21(14)5-6-29-23/h3-7,9-11,20,32H,2,8H2,1H3,(H,31,33)/t20-/m0/s1. The highest BCUT2D eigenvalue weighted by molar-refractivity contribution is 9.10. The number of anilines is 1. The molecule has 204 valence electrons. The lowest BCUT2D eigenvalue weighted by atomic mass is 10.0. The summed E-state index contributed by atoms with van der Waals surface area (Å²) in [5.41, 5.74) is 0.120. The number of rotatable bonds is 9. The molecule has 0 saturated carbocycles. The fourth-order valence-corrected chi connectivity index (χ4v) is 6.24. The van der Waals surface area contributed by atoms with Crippen LogP contribution in [0.1, 0.15) is 22.8 Å². The van der Waals surface area contributed by atoms with Crippen molar-refractivity contribution in [2.24, 2.45) is 0 Å². The highest BCUT2D eigenvalue weighted by atomic mass is 79.9. The Hall–Kier alpha value is -2.84. The Balaban J connectivity index is 1.67. The number of hydrogen-bond acceptors (Lipinski definition) is 8. The number of nitrogens with one attached hydrogen (secondary N) is 2. The summed E-state index contributed by atoms with van der Waals surface area (Å²) in [6.07, 6.45) is 2.67. The van der Waals surface area contributed by atoms with E-state index in [1.165, 1.54) is 42.7 Å². The second-order valence-electron chi connectivity index (χ2n) is 8.00. The van der Waals surface area contributed by atoms with E-state index in [1.807, 2.05) is 0 Å². The van der Waals surface area contributed by atoms with Crippen molar-refractivity contribution in [3.05, 3.63) is 80.3 Å². The highest BCUT2D eigenvalue weighted by Crippen LogP contribution is 2.32. The molecule has 0 spiro atoms. The summed E-state index contributed by atoms with van der Waals surface area (Å²) in [5.74, 6) is -2.07. The summed E-state index contributed by atoms with van der Waals surface area (Å²) in [5, 5.41) is 2.51. The third-order valence-corrected chi connectivity index (χ3v) is 8.77. The topological polar surface area (TPSA) is 127 Å². The first-order valence-corrected chi connectivity index (χ1v) is 14.9. The van der Waals surface area contributed by atoms with Crippen LogP contribution in [-0.2, 0) is 26.0 Å². The van der Waals surface area contributed by atoms with E-state index in [-0.39, 0.29) is 43.8 Å². The Bertz CT molecular complexity index is 1690. The molecule has 2 aromatic carbocycles. The predicted octanol–water partition coefficient (Wildman–Crippen LogP) is 5.60. The summed E-state index contributed by atoms with van der Waals surface area (Å²) in [6.45, 7) is 1.65. The summed E-state index contributed by atoms with van der Waals surface area (Å²) >= 11 is 16.5. The lowest BCUT2D eigenvalue weighted by molar-refractivity contribution is -0.145. The van der Waals surface area contributed by atoms with Crippen molar-refractivity contribution in [2.45, 2.75) is 24.4 Å². The molecule has 0 fully saturated rings. The summed E-state index contributed by atoms with van der Waals surface area (Å²) in [6, 6.07) is 6.93. The van der Waals surface area contributed by atoms with Crippen molar-refractivity contribution in [3.8, 4) is 0 Å². The smallest absolute Gasteiger partial charge is 0.328 e. The second kappa shape index (κ2) is 12.1. The van der Waals surface area contributed by atoms with E-state index >= 15 is 0 Å². The van der Waals surface area contributed by atoms with Gasteiger partial charge >= 0.3 is 5.97 Å². The molecular weight excluding hydrogens is 658 g/mol. The molecule has 4 aromatic rings. The van der Waals surface area contributed by atoms with Gasteiger partial charge < -0.3 is 10.1 Å². The van der Waals surface area contributed by atoms with Crippen molar-refractivity contribution < 1.29 is 27.1 Å².